The Bertz CT molecular complexity index is 1550. The Kier molecular flexibility index (Phi) is 6.35. The number of halogens is 2. The zero-order valence-corrected chi connectivity index (χ0v) is 20.0. The fourth-order valence-electron chi connectivity index (χ4n) is 3.09. The lowest BCUT2D eigenvalue weighted by Crippen LogP contribution is -2.33. The molecule has 0 fully saturated rings. The van der Waals surface area contributed by atoms with Gasteiger partial charge in [-0.1, -0.05) is 23.2 Å². The van der Waals surface area contributed by atoms with E-state index in [4.69, 9.17) is 27.9 Å². The van der Waals surface area contributed by atoms with Crippen LogP contribution in [0.25, 0.3) is 16.5 Å². The molecule has 4 rings (SSSR count). The highest BCUT2D eigenvalue weighted by molar-refractivity contribution is 7.92. The highest BCUT2D eigenvalue weighted by Crippen LogP contribution is 2.27. The summed E-state index contributed by atoms with van der Waals surface area (Å²) in [4.78, 5) is 25.1. The van der Waals surface area contributed by atoms with Gasteiger partial charge in [0.1, 0.15) is 9.96 Å². The number of hydrogen-bond donors (Lipinski definition) is 2. The molecule has 2 N–H and O–H groups in total. The number of anilines is 1. The number of urea groups is 1. The van der Waals surface area contributed by atoms with Gasteiger partial charge in [0.15, 0.2) is 0 Å². The number of nitrogens with one attached hydrogen (secondary N) is 2. The van der Waals surface area contributed by atoms with Crippen LogP contribution in [-0.4, -0.2) is 26.1 Å². The van der Waals surface area contributed by atoms with Crippen LogP contribution in [0.15, 0.2) is 69.8 Å². The van der Waals surface area contributed by atoms with Crippen LogP contribution < -0.4 is 20.3 Å². The van der Waals surface area contributed by atoms with Gasteiger partial charge in [-0.15, -0.1) is 11.3 Å². The highest BCUT2D eigenvalue weighted by Gasteiger charge is 2.20. The number of hydrogen-bond acceptors (Lipinski definition) is 6. The number of fused-ring (bicyclic) bond motifs is 1. The van der Waals surface area contributed by atoms with Gasteiger partial charge in [0, 0.05) is 17.3 Å². The van der Waals surface area contributed by atoms with Crippen molar-refractivity contribution in [3.8, 4) is 11.4 Å². The molecule has 2 amide bonds. The fraction of sp³-hybridized carbons (Fsp3) is 0.0476. The Morgan fingerprint density at radius 1 is 1.06 bits per heavy atom. The van der Waals surface area contributed by atoms with Crippen molar-refractivity contribution in [1.82, 2.24) is 9.29 Å². The van der Waals surface area contributed by atoms with Crippen LogP contribution in [0.1, 0.15) is 0 Å². The van der Waals surface area contributed by atoms with Crippen molar-refractivity contribution in [3.05, 3.63) is 80.5 Å². The largest absolute Gasteiger partial charge is 0.497 e. The second-order valence-electron chi connectivity index (χ2n) is 6.73. The second kappa shape index (κ2) is 9.06. The maximum absolute atomic E-state index is 12.9. The molecule has 12 heteroatoms. The molecule has 2 aromatic heterocycles. The molecular weight excluding hydrogens is 509 g/mol. The molecule has 2 aromatic carbocycles. The molecular formula is C21H15Cl2N3O5S2. The number of methoxy groups -OCH3 is 1. The van der Waals surface area contributed by atoms with Gasteiger partial charge in [0.2, 0.25) is 0 Å². The molecule has 170 valence electrons. The number of amides is 2. The number of ether oxygens (including phenoxy) is 1. The zero-order valence-electron chi connectivity index (χ0n) is 16.8. The van der Waals surface area contributed by atoms with Crippen LogP contribution in [0.3, 0.4) is 0 Å². The Balaban J connectivity index is 1.57. The minimum Gasteiger partial charge on any atom is -0.497 e. The number of pyridine rings is 1. The predicted octanol–water partition coefficient (Wildman–Crippen LogP) is 4.88. The molecule has 0 spiro atoms. The van der Waals surface area contributed by atoms with Gasteiger partial charge in [-0.05, 0) is 60.0 Å². The smallest absolute Gasteiger partial charge is 0.333 e. The van der Waals surface area contributed by atoms with Gasteiger partial charge < -0.3 is 10.1 Å². The zero-order chi connectivity index (χ0) is 23.8. The van der Waals surface area contributed by atoms with E-state index in [9.17, 15) is 18.0 Å². The third-order valence-electron chi connectivity index (χ3n) is 4.62. The highest BCUT2D eigenvalue weighted by atomic mass is 35.5. The number of benzene rings is 2. The van der Waals surface area contributed by atoms with Crippen LogP contribution in [0, 0.1) is 0 Å². The molecule has 0 aliphatic carbocycles. The van der Waals surface area contributed by atoms with Crippen LogP contribution in [0.2, 0.25) is 9.36 Å². The van der Waals surface area contributed by atoms with E-state index in [1.807, 2.05) is 4.72 Å². The van der Waals surface area contributed by atoms with E-state index in [2.05, 4.69) is 5.32 Å². The molecule has 4 aromatic rings. The van der Waals surface area contributed by atoms with E-state index in [-0.39, 0.29) is 24.8 Å². The minimum atomic E-state index is -4.07. The maximum atomic E-state index is 12.9. The Morgan fingerprint density at radius 2 is 1.85 bits per heavy atom. The van der Waals surface area contributed by atoms with Crippen molar-refractivity contribution in [1.29, 1.82) is 0 Å². The first-order valence-corrected chi connectivity index (χ1v) is 12.3. The van der Waals surface area contributed by atoms with E-state index in [1.165, 1.54) is 28.8 Å². The number of thiophene rings is 1. The molecule has 2 heterocycles. The molecule has 8 nitrogen and oxygen atoms in total. The first kappa shape index (κ1) is 23.1. The summed E-state index contributed by atoms with van der Waals surface area (Å²) in [6.45, 7) is 0. The quantitative estimate of drug-likeness (QED) is 0.387. The molecule has 0 radical (unpaired) electrons. The first-order valence-electron chi connectivity index (χ1n) is 9.26. The summed E-state index contributed by atoms with van der Waals surface area (Å²) in [5.74, 6) is 0.635. The van der Waals surface area contributed by atoms with E-state index in [0.29, 0.717) is 16.8 Å². The summed E-state index contributed by atoms with van der Waals surface area (Å²) in [6, 6.07) is 13.1. The topological polar surface area (TPSA) is 106 Å². The standard InChI is InChI=1S/C21H15Cl2N3O5S2/c1-31-14-3-4-15-12(10-14)8-9-26(20(15)27)17-5-2-13(11-16(17)22)24-21(28)25-33(29,30)19-7-6-18(23)32-19/h2-11H,1H3,(H2,24,25,28). The van der Waals surface area contributed by atoms with Gasteiger partial charge in [0.25, 0.3) is 15.6 Å². The Morgan fingerprint density at radius 3 is 2.52 bits per heavy atom. The number of carbonyl (C=O) groups excluding carboxylic acids is 1. The third kappa shape index (κ3) is 4.83. The van der Waals surface area contributed by atoms with Crippen molar-refractivity contribution in [2.75, 3.05) is 12.4 Å². The molecule has 0 aliphatic rings. The summed E-state index contributed by atoms with van der Waals surface area (Å²) < 4.78 is 33.1. The summed E-state index contributed by atoms with van der Waals surface area (Å²) in [5, 5.41) is 3.78. The number of sulfonamides is 1. The molecule has 0 aliphatic heterocycles. The molecule has 33 heavy (non-hydrogen) atoms. The normalized spacial score (nSPS) is 11.4. The van der Waals surface area contributed by atoms with Crippen LogP contribution in [-0.2, 0) is 10.0 Å². The lowest BCUT2D eigenvalue weighted by molar-refractivity contribution is 0.256. The number of rotatable bonds is 5. The number of carbonyl (C=O) groups is 1. The van der Waals surface area contributed by atoms with Gasteiger partial charge in [-0.2, -0.15) is 0 Å². The average molecular weight is 524 g/mol. The maximum Gasteiger partial charge on any atom is 0.333 e. The number of aromatic nitrogens is 1. The van der Waals surface area contributed by atoms with Gasteiger partial charge in [-0.3, -0.25) is 9.36 Å². The van der Waals surface area contributed by atoms with Crippen molar-refractivity contribution in [2.45, 2.75) is 4.21 Å². The lowest BCUT2D eigenvalue weighted by atomic mass is 10.1. The summed E-state index contributed by atoms with van der Waals surface area (Å²) >= 11 is 12.9. The molecule has 0 atom stereocenters. The Hall–Kier alpha value is -3.05. The van der Waals surface area contributed by atoms with Crippen molar-refractivity contribution >= 4 is 67.1 Å². The van der Waals surface area contributed by atoms with E-state index in [0.717, 1.165) is 16.7 Å². The van der Waals surface area contributed by atoms with Crippen molar-refractivity contribution in [2.24, 2.45) is 0 Å². The van der Waals surface area contributed by atoms with Crippen LogP contribution >= 0.6 is 34.5 Å². The van der Waals surface area contributed by atoms with E-state index < -0.39 is 16.1 Å². The van der Waals surface area contributed by atoms with Gasteiger partial charge in [-0.25, -0.2) is 17.9 Å². The molecule has 0 unspecified atom stereocenters. The van der Waals surface area contributed by atoms with Crippen LogP contribution in [0.4, 0.5) is 10.5 Å². The second-order valence-corrected chi connectivity index (χ2v) is 10.8. The van der Waals surface area contributed by atoms with Gasteiger partial charge in [0.05, 0.1) is 22.2 Å². The average Bonchev–Trinajstić information content (AvgIpc) is 3.21. The fourth-order valence-corrected chi connectivity index (χ4v) is 5.76. The van der Waals surface area contributed by atoms with Gasteiger partial charge >= 0.3 is 6.03 Å². The summed E-state index contributed by atoms with van der Waals surface area (Å²) in [7, 11) is -2.52. The molecule has 0 saturated carbocycles. The van der Waals surface area contributed by atoms with Crippen LogP contribution in [0.5, 0.6) is 5.75 Å². The summed E-state index contributed by atoms with van der Waals surface area (Å²) in [6.07, 6.45) is 1.59. The minimum absolute atomic E-state index is 0.0932. The predicted molar refractivity (Wildman–Crippen MR) is 130 cm³/mol. The van der Waals surface area contributed by atoms with E-state index >= 15 is 0 Å². The monoisotopic (exact) mass is 523 g/mol. The number of nitrogens with zero attached hydrogens (tertiary/aromatic N) is 1. The first-order chi connectivity index (χ1) is 15.7. The lowest BCUT2D eigenvalue weighted by Gasteiger charge is -2.12. The van der Waals surface area contributed by atoms with Crippen molar-refractivity contribution < 1.29 is 17.9 Å². The molecule has 0 bridgehead atoms. The SMILES string of the molecule is COc1ccc2c(=O)n(-c3ccc(NC(=O)NS(=O)(=O)c4ccc(Cl)s4)cc3Cl)ccc2c1. The van der Waals surface area contributed by atoms with Crippen molar-refractivity contribution in [3.63, 3.8) is 0 Å². The summed E-state index contributed by atoms with van der Waals surface area (Å²) in [5.41, 5.74) is 0.349. The molecule has 0 saturated heterocycles. The third-order valence-corrected chi connectivity index (χ3v) is 7.97. The Labute approximate surface area is 202 Å². The van der Waals surface area contributed by atoms with E-state index in [1.54, 1.807) is 43.6 Å².